The molecule has 30 heavy (non-hydrogen) atoms. The monoisotopic (exact) mass is 431 g/mol. The minimum absolute atomic E-state index is 0.217. The molecule has 0 aliphatic carbocycles. The molecule has 2 aliphatic rings. The zero-order chi connectivity index (χ0) is 21.3. The van der Waals surface area contributed by atoms with E-state index in [1.54, 1.807) is 30.3 Å². The van der Waals surface area contributed by atoms with Crippen LogP contribution in [0.25, 0.3) is 0 Å². The number of nitrogens with one attached hydrogen (secondary N) is 1. The van der Waals surface area contributed by atoms with Crippen LogP contribution in [-0.4, -0.2) is 62.6 Å². The van der Waals surface area contributed by atoms with Crippen molar-refractivity contribution in [3.05, 3.63) is 58.4 Å². The molecule has 1 unspecified atom stereocenters. The molecule has 1 saturated heterocycles. The summed E-state index contributed by atoms with van der Waals surface area (Å²) in [5.41, 5.74) is 0.620. The highest BCUT2D eigenvalue weighted by Crippen LogP contribution is 2.49. The van der Waals surface area contributed by atoms with Crippen molar-refractivity contribution in [2.45, 2.75) is 18.3 Å². The number of methoxy groups -OCH3 is 1. The van der Waals surface area contributed by atoms with E-state index in [2.05, 4.69) is 22.2 Å². The van der Waals surface area contributed by atoms with Crippen LogP contribution in [0.5, 0.6) is 5.75 Å². The fourth-order valence-electron chi connectivity index (χ4n) is 4.61. The Morgan fingerprint density at radius 1 is 1.17 bits per heavy atom. The second kappa shape index (κ2) is 8.53. The quantitative estimate of drug-likeness (QED) is 0.756. The van der Waals surface area contributed by atoms with E-state index in [0.29, 0.717) is 34.0 Å². The highest BCUT2D eigenvalue weighted by Gasteiger charge is 2.49. The number of carbonyl (C=O) groups is 1. The summed E-state index contributed by atoms with van der Waals surface area (Å²) < 4.78 is 20.3. The lowest BCUT2D eigenvalue weighted by molar-refractivity contribution is -0.119. The number of ether oxygens (including phenoxy) is 1. The molecule has 0 bridgehead atoms. The summed E-state index contributed by atoms with van der Waals surface area (Å²) in [7, 11) is 3.66. The van der Waals surface area contributed by atoms with E-state index in [1.807, 2.05) is 0 Å². The first-order valence-electron chi connectivity index (χ1n) is 10.3. The second-order valence-corrected chi connectivity index (χ2v) is 8.53. The van der Waals surface area contributed by atoms with Gasteiger partial charge in [-0.25, -0.2) is 4.39 Å². The van der Waals surface area contributed by atoms with Crippen LogP contribution >= 0.6 is 11.6 Å². The fourth-order valence-corrected chi connectivity index (χ4v) is 4.86. The minimum Gasteiger partial charge on any atom is -0.495 e. The molecule has 2 aromatic rings. The number of anilines is 1. The third-order valence-corrected chi connectivity index (χ3v) is 6.64. The van der Waals surface area contributed by atoms with Gasteiger partial charge < -0.3 is 19.9 Å². The smallest absolute Gasteiger partial charge is 0.239 e. The van der Waals surface area contributed by atoms with Gasteiger partial charge in [0.15, 0.2) is 0 Å². The first-order chi connectivity index (χ1) is 14.5. The lowest BCUT2D eigenvalue weighted by Crippen LogP contribution is -2.45. The number of halogens is 2. The standard InChI is InChI=1S/C23H27ClFN3O2/c1-27-10-12-28(13-11-27)9-5-8-23(16-6-3-4-7-19(16)25)17-14-18(24)21(30-2)15-20(17)26-22(23)29/h3-4,6-7,14-15H,5,8-13H2,1-2H3,(H,26,29). The molecule has 5 nitrogen and oxygen atoms in total. The molecule has 1 fully saturated rings. The number of fused-ring (bicyclic) bond motifs is 1. The first kappa shape index (κ1) is 21.1. The predicted molar refractivity (Wildman–Crippen MR) is 117 cm³/mol. The van der Waals surface area contributed by atoms with E-state index >= 15 is 0 Å². The highest BCUT2D eigenvalue weighted by molar-refractivity contribution is 6.32. The summed E-state index contributed by atoms with van der Waals surface area (Å²) in [6, 6.07) is 10.0. The molecule has 0 aromatic heterocycles. The van der Waals surface area contributed by atoms with Crippen molar-refractivity contribution < 1.29 is 13.9 Å². The van der Waals surface area contributed by atoms with Crippen molar-refractivity contribution in [1.82, 2.24) is 9.80 Å². The number of hydrogen-bond acceptors (Lipinski definition) is 4. The van der Waals surface area contributed by atoms with Crippen molar-refractivity contribution in [2.24, 2.45) is 0 Å². The van der Waals surface area contributed by atoms with Gasteiger partial charge in [0, 0.05) is 43.5 Å². The third-order valence-electron chi connectivity index (χ3n) is 6.34. The Morgan fingerprint density at radius 3 is 2.60 bits per heavy atom. The van der Waals surface area contributed by atoms with Gasteiger partial charge in [0.25, 0.3) is 0 Å². The molecule has 1 atom stereocenters. The van der Waals surface area contributed by atoms with Gasteiger partial charge in [0.2, 0.25) is 5.91 Å². The maximum absolute atomic E-state index is 15.0. The summed E-state index contributed by atoms with van der Waals surface area (Å²) in [4.78, 5) is 18.1. The van der Waals surface area contributed by atoms with E-state index in [1.165, 1.54) is 13.2 Å². The van der Waals surface area contributed by atoms with Gasteiger partial charge in [0.1, 0.15) is 17.0 Å². The number of amides is 1. The van der Waals surface area contributed by atoms with Crippen molar-refractivity contribution in [3.8, 4) is 5.75 Å². The molecule has 1 amide bonds. The lowest BCUT2D eigenvalue weighted by atomic mass is 9.72. The van der Waals surface area contributed by atoms with Gasteiger partial charge in [-0.15, -0.1) is 0 Å². The van der Waals surface area contributed by atoms with Crippen LogP contribution in [0.3, 0.4) is 0 Å². The summed E-state index contributed by atoms with van der Waals surface area (Å²) in [5, 5.41) is 3.36. The highest BCUT2D eigenvalue weighted by atomic mass is 35.5. The van der Waals surface area contributed by atoms with Gasteiger partial charge in [-0.2, -0.15) is 0 Å². The topological polar surface area (TPSA) is 44.8 Å². The fraction of sp³-hybridized carbons (Fsp3) is 0.435. The van der Waals surface area contributed by atoms with E-state index in [-0.39, 0.29) is 11.7 Å². The second-order valence-electron chi connectivity index (χ2n) is 8.12. The van der Waals surface area contributed by atoms with Crippen molar-refractivity contribution in [1.29, 1.82) is 0 Å². The molecule has 2 aromatic carbocycles. The minimum atomic E-state index is -1.11. The Balaban J connectivity index is 1.69. The van der Waals surface area contributed by atoms with Crippen LogP contribution in [0.2, 0.25) is 5.02 Å². The van der Waals surface area contributed by atoms with Gasteiger partial charge in [0.05, 0.1) is 12.1 Å². The Labute approximate surface area is 181 Å². The SMILES string of the molecule is COc1cc2c(cc1Cl)C(CCCN1CCN(C)CC1)(c1ccccc1F)C(=O)N2. The summed E-state index contributed by atoms with van der Waals surface area (Å²) in [6.07, 6.45) is 1.27. The number of carbonyl (C=O) groups excluding carboxylic acids is 1. The number of likely N-dealkylation sites (N-methyl/N-ethyl adjacent to an activating group) is 1. The van der Waals surface area contributed by atoms with Crippen molar-refractivity contribution in [3.63, 3.8) is 0 Å². The average molecular weight is 432 g/mol. The molecule has 160 valence electrons. The maximum atomic E-state index is 15.0. The van der Waals surface area contributed by atoms with Crippen LogP contribution < -0.4 is 10.1 Å². The molecular weight excluding hydrogens is 405 g/mol. The summed E-state index contributed by atoms with van der Waals surface area (Å²) in [6.45, 7) is 4.97. The average Bonchev–Trinajstić information content (AvgIpc) is 3.00. The van der Waals surface area contributed by atoms with Gasteiger partial charge in [-0.1, -0.05) is 29.8 Å². The lowest BCUT2D eigenvalue weighted by Gasteiger charge is -2.34. The van der Waals surface area contributed by atoms with Crippen LogP contribution in [0.4, 0.5) is 10.1 Å². The Kier molecular flexibility index (Phi) is 6.00. The van der Waals surface area contributed by atoms with E-state index in [9.17, 15) is 9.18 Å². The number of benzene rings is 2. The van der Waals surface area contributed by atoms with Gasteiger partial charge in [-0.3, -0.25) is 4.79 Å². The third kappa shape index (κ3) is 3.68. The maximum Gasteiger partial charge on any atom is 0.239 e. The number of rotatable bonds is 6. The molecule has 0 radical (unpaired) electrons. The summed E-state index contributed by atoms with van der Waals surface area (Å²) in [5.74, 6) is -0.116. The molecule has 2 heterocycles. The van der Waals surface area contributed by atoms with Crippen LogP contribution in [0.15, 0.2) is 36.4 Å². The van der Waals surface area contributed by atoms with Gasteiger partial charge in [-0.05, 0) is 44.1 Å². The Morgan fingerprint density at radius 2 is 1.90 bits per heavy atom. The molecule has 0 saturated carbocycles. The van der Waals surface area contributed by atoms with Crippen LogP contribution in [0, 0.1) is 5.82 Å². The van der Waals surface area contributed by atoms with Crippen molar-refractivity contribution in [2.75, 3.05) is 52.2 Å². The largest absolute Gasteiger partial charge is 0.495 e. The van der Waals surface area contributed by atoms with E-state index < -0.39 is 5.41 Å². The Hall–Kier alpha value is -2.15. The molecule has 1 N–H and O–H groups in total. The van der Waals surface area contributed by atoms with Crippen LogP contribution in [0.1, 0.15) is 24.0 Å². The number of nitrogens with zero attached hydrogens (tertiary/aromatic N) is 2. The first-order valence-corrected chi connectivity index (χ1v) is 10.7. The molecule has 4 rings (SSSR count). The van der Waals surface area contributed by atoms with E-state index in [0.717, 1.165) is 39.1 Å². The predicted octanol–water partition coefficient (Wildman–Crippen LogP) is 3.75. The molecular formula is C23H27ClFN3O2. The molecule has 0 spiro atoms. The van der Waals surface area contributed by atoms with Crippen molar-refractivity contribution >= 4 is 23.2 Å². The number of piperazine rings is 1. The zero-order valence-corrected chi connectivity index (χ0v) is 18.1. The summed E-state index contributed by atoms with van der Waals surface area (Å²) >= 11 is 6.41. The normalized spacial score (nSPS) is 22.1. The van der Waals surface area contributed by atoms with E-state index in [4.69, 9.17) is 16.3 Å². The Bertz CT molecular complexity index is 946. The van der Waals surface area contributed by atoms with Crippen LogP contribution in [-0.2, 0) is 10.2 Å². The van der Waals surface area contributed by atoms with Gasteiger partial charge >= 0.3 is 0 Å². The molecule has 7 heteroatoms. The zero-order valence-electron chi connectivity index (χ0n) is 17.4. The molecule has 2 aliphatic heterocycles. The number of hydrogen-bond donors (Lipinski definition) is 1.